The maximum absolute atomic E-state index is 11.6. The van der Waals surface area contributed by atoms with Gasteiger partial charge in [-0.3, -0.25) is 10.1 Å². The van der Waals surface area contributed by atoms with Crippen molar-refractivity contribution in [2.75, 3.05) is 6.61 Å². The number of nitrogens with one attached hydrogen (secondary N) is 1. The molecule has 0 aromatic heterocycles. The van der Waals surface area contributed by atoms with E-state index in [1.54, 1.807) is 0 Å². The molecule has 1 aromatic rings. The van der Waals surface area contributed by atoms with Crippen LogP contribution in [0.15, 0.2) is 46.8 Å². The van der Waals surface area contributed by atoms with Gasteiger partial charge in [0.2, 0.25) is 0 Å². The van der Waals surface area contributed by atoms with Crippen molar-refractivity contribution in [3.63, 3.8) is 0 Å². The molecule has 1 unspecified atom stereocenters. The number of aliphatic carboxylic acids is 2. The lowest BCUT2D eigenvalue weighted by molar-refractivity contribution is -0.384. The van der Waals surface area contributed by atoms with Gasteiger partial charge in [0, 0.05) is 17.8 Å². The number of hydrogen-bond donors (Lipinski definition) is 4. The third-order valence-corrected chi connectivity index (χ3v) is 3.68. The highest BCUT2D eigenvalue weighted by atomic mass is 16.6. The van der Waals surface area contributed by atoms with E-state index in [0.29, 0.717) is 0 Å². The van der Waals surface area contributed by atoms with Crippen molar-refractivity contribution < 1.29 is 29.8 Å². The van der Waals surface area contributed by atoms with Crippen LogP contribution in [0.25, 0.3) is 0 Å². The molecule has 0 fully saturated rings. The Bertz CT molecular complexity index is 795. The van der Waals surface area contributed by atoms with Crippen LogP contribution in [0.4, 0.5) is 5.69 Å². The molecule has 0 saturated heterocycles. The van der Waals surface area contributed by atoms with Gasteiger partial charge in [-0.2, -0.15) is 0 Å². The minimum absolute atomic E-state index is 0.0542. The molecule has 0 radical (unpaired) electrons. The van der Waals surface area contributed by atoms with Crippen molar-refractivity contribution in [2.45, 2.75) is 12.8 Å². The lowest BCUT2D eigenvalue weighted by Crippen LogP contribution is -2.33. The predicted molar refractivity (Wildman–Crippen MR) is 81.1 cm³/mol. The fraction of sp³-hybridized carbons (Fsp3) is 0.200. The number of non-ortho nitro benzene ring substituents is 1. The molecule has 1 heterocycles. The molecule has 9 heteroatoms. The molecule has 2 rings (SSSR count). The molecule has 0 amide bonds. The zero-order valence-corrected chi connectivity index (χ0v) is 12.5. The van der Waals surface area contributed by atoms with Crippen molar-refractivity contribution in [1.82, 2.24) is 5.32 Å². The number of dihydropyridines is 1. The lowest BCUT2D eigenvalue weighted by Gasteiger charge is -2.29. The second kappa shape index (κ2) is 6.50. The van der Waals surface area contributed by atoms with Gasteiger partial charge in [-0.1, -0.05) is 12.1 Å². The molecule has 0 aliphatic carbocycles. The van der Waals surface area contributed by atoms with E-state index in [1.165, 1.54) is 25.1 Å². The summed E-state index contributed by atoms with van der Waals surface area (Å²) >= 11 is 0. The van der Waals surface area contributed by atoms with Crippen LogP contribution in [0.3, 0.4) is 0 Å². The number of nitrogens with zero attached hydrogens (tertiary/aromatic N) is 1. The fourth-order valence-electron chi connectivity index (χ4n) is 2.71. The van der Waals surface area contributed by atoms with Crippen LogP contribution >= 0.6 is 0 Å². The molecule has 1 atom stereocenters. The number of nitro groups is 1. The first-order valence-electron chi connectivity index (χ1n) is 6.80. The topological polar surface area (TPSA) is 150 Å². The number of benzene rings is 1. The highest BCUT2D eigenvalue weighted by Crippen LogP contribution is 2.39. The summed E-state index contributed by atoms with van der Waals surface area (Å²) < 4.78 is 0. The summed E-state index contributed by atoms with van der Waals surface area (Å²) in [5.41, 5.74) is -0.643. The maximum atomic E-state index is 11.6. The molecule has 126 valence electrons. The van der Waals surface area contributed by atoms with E-state index in [-0.39, 0.29) is 33.8 Å². The standard InChI is InChI=1S/C15H14N2O7/c1-7-11(14(19)20)12(13(15(21)22)10(6-18)16-7)8-3-2-4-9(5-8)17(23)24/h2-5,12,16,18H,6H2,1H3,(H,19,20)(H,21,22). The van der Waals surface area contributed by atoms with Crippen LogP contribution in [-0.2, 0) is 9.59 Å². The largest absolute Gasteiger partial charge is 0.478 e. The monoisotopic (exact) mass is 334 g/mol. The Morgan fingerprint density at radius 3 is 2.38 bits per heavy atom. The van der Waals surface area contributed by atoms with Crippen molar-refractivity contribution in [3.8, 4) is 0 Å². The SMILES string of the molecule is CC1=C(C(=O)O)C(c2cccc([N+](=O)[O-])c2)C(C(=O)O)=C(CO)N1. The molecule has 9 nitrogen and oxygen atoms in total. The Hall–Kier alpha value is -3.20. The van der Waals surface area contributed by atoms with E-state index in [4.69, 9.17) is 0 Å². The second-order valence-corrected chi connectivity index (χ2v) is 5.11. The lowest BCUT2D eigenvalue weighted by atomic mass is 9.80. The van der Waals surface area contributed by atoms with Crippen molar-refractivity contribution in [2.24, 2.45) is 0 Å². The maximum Gasteiger partial charge on any atom is 0.334 e. The first kappa shape index (κ1) is 17.2. The molecular formula is C15H14N2O7. The van der Waals surface area contributed by atoms with E-state index in [9.17, 15) is 35.0 Å². The number of allylic oxidation sites excluding steroid dienone is 1. The molecule has 0 bridgehead atoms. The highest BCUT2D eigenvalue weighted by molar-refractivity contribution is 5.98. The summed E-state index contributed by atoms with van der Waals surface area (Å²) in [6, 6.07) is 5.11. The Kier molecular flexibility index (Phi) is 4.65. The minimum Gasteiger partial charge on any atom is -0.478 e. The van der Waals surface area contributed by atoms with Gasteiger partial charge < -0.3 is 20.6 Å². The number of carboxylic acid groups (broad SMARTS) is 2. The normalized spacial score (nSPS) is 17.5. The Morgan fingerprint density at radius 2 is 1.88 bits per heavy atom. The average molecular weight is 334 g/mol. The molecule has 1 aromatic carbocycles. The zero-order valence-electron chi connectivity index (χ0n) is 12.5. The van der Waals surface area contributed by atoms with Crippen LogP contribution in [-0.4, -0.2) is 38.8 Å². The first-order chi connectivity index (χ1) is 11.3. The Balaban J connectivity index is 2.75. The molecule has 4 N–H and O–H groups in total. The number of hydrogen-bond acceptors (Lipinski definition) is 6. The van der Waals surface area contributed by atoms with Crippen LogP contribution in [0.5, 0.6) is 0 Å². The summed E-state index contributed by atoms with van der Waals surface area (Å²) in [5.74, 6) is -4.02. The van der Waals surface area contributed by atoms with E-state index < -0.39 is 29.4 Å². The number of rotatable bonds is 5. The fourth-order valence-corrected chi connectivity index (χ4v) is 2.71. The Labute approximate surface area is 135 Å². The van der Waals surface area contributed by atoms with Crippen molar-refractivity contribution >= 4 is 17.6 Å². The van der Waals surface area contributed by atoms with Crippen molar-refractivity contribution in [1.29, 1.82) is 0 Å². The average Bonchev–Trinajstić information content (AvgIpc) is 2.52. The number of carboxylic acids is 2. The van der Waals surface area contributed by atoms with Crippen LogP contribution in [0, 0.1) is 10.1 Å². The molecular weight excluding hydrogens is 320 g/mol. The molecule has 1 aliphatic rings. The van der Waals surface area contributed by atoms with Gasteiger partial charge in [-0.15, -0.1) is 0 Å². The van der Waals surface area contributed by atoms with E-state index in [0.717, 1.165) is 6.07 Å². The third-order valence-electron chi connectivity index (χ3n) is 3.68. The molecule has 24 heavy (non-hydrogen) atoms. The van der Waals surface area contributed by atoms with Gasteiger partial charge in [-0.25, -0.2) is 9.59 Å². The van der Waals surface area contributed by atoms with E-state index in [1.807, 2.05) is 0 Å². The number of aliphatic hydroxyl groups excluding tert-OH is 1. The van der Waals surface area contributed by atoms with Gasteiger partial charge in [0.05, 0.1) is 34.3 Å². The van der Waals surface area contributed by atoms with Crippen LogP contribution in [0.2, 0.25) is 0 Å². The van der Waals surface area contributed by atoms with Crippen molar-refractivity contribution in [3.05, 3.63) is 62.5 Å². The first-order valence-corrected chi connectivity index (χ1v) is 6.80. The quantitative estimate of drug-likeness (QED) is 0.459. The van der Waals surface area contributed by atoms with Gasteiger partial charge in [0.15, 0.2) is 0 Å². The molecule has 0 spiro atoms. The van der Waals surface area contributed by atoms with E-state index >= 15 is 0 Å². The van der Waals surface area contributed by atoms with Gasteiger partial charge >= 0.3 is 11.9 Å². The summed E-state index contributed by atoms with van der Waals surface area (Å²) in [4.78, 5) is 33.6. The zero-order chi connectivity index (χ0) is 18.0. The van der Waals surface area contributed by atoms with Gasteiger partial charge in [0.1, 0.15) is 0 Å². The summed E-state index contributed by atoms with van der Waals surface area (Å²) in [6.45, 7) is 0.791. The smallest absolute Gasteiger partial charge is 0.334 e. The Morgan fingerprint density at radius 1 is 1.25 bits per heavy atom. The van der Waals surface area contributed by atoms with Crippen LogP contribution < -0.4 is 5.32 Å². The summed E-state index contributed by atoms with van der Waals surface area (Å²) in [6.07, 6.45) is 0. The number of aliphatic hydroxyl groups is 1. The van der Waals surface area contributed by atoms with E-state index in [2.05, 4.69) is 5.32 Å². The van der Waals surface area contributed by atoms with Gasteiger partial charge in [0.25, 0.3) is 5.69 Å². The summed E-state index contributed by atoms with van der Waals surface area (Å²) in [5, 5.41) is 41.9. The minimum atomic E-state index is -1.42. The third kappa shape index (κ3) is 2.97. The number of nitro benzene ring substituents is 1. The molecule has 1 aliphatic heterocycles. The highest BCUT2D eigenvalue weighted by Gasteiger charge is 2.37. The van der Waals surface area contributed by atoms with Crippen LogP contribution in [0.1, 0.15) is 18.4 Å². The predicted octanol–water partition coefficient (Wildman–Crippen LogP) is 0.971. The second-order valence-electron chi connectivity index (χ2n) is 5.11. The van der Waals surface area contributed by atoms with Gasteiger partial charge in [-0.05, 0) is 12.5 Å². The summed E-state index contributed by atoms with van der Waals surface area (Å²) in [7, 11) is 0. The molecule has 0 saturated carbocycles. The number of carbonyl (C=O) groups is 2.